The number of phenols is 2. The molecular formula is C40H35NO7. The summed E-state index contributed by atoms with van der Waals surface area (Å²) in [6.07, 6.45) is 4.95. The van der Waals surface area contributed by atoms with Gasteiger partial charge in [0.25, 0.3) is 0 Å². The van der Waals surface area contributed by atoms with Gasteiger partial charge in [-0.2, -0.15) is 0 Å². The van der Waals surface area contributed by atoms with Crippen LogP contribution < -0.4 is 5.32 Å². The fourth-order valence-corrected chi connectivity index (χ4v) is 10.5. The van der Waals surface area contributed by atoms with Crippen molar-refractivity contribution in [3.63, 3.8) is 0 Å². The number of hydrogen-bond acceptors (Lipinski definition) is 6. The van der Waals surface area contributed by atoms with Gasteiger partial charge in [0.15, 0.2) is 11.5 Å². The Balaban J connectivity index is 1.15. The molecule has 10 rings (SSSR count). The van der Waals surface area contributed by atoms with Gasteiger partial charge in [-0.3, -0.25) is 9.59 Å². The lowest BCUT2D eigenvalue weighted by molar-refractivity contribution is -0.168. The minimum absolute atomic E-state index is 0.0122. The summed E-state index contributed by atoms with van der Waals surface area (Å²) in [5.74, 6) is -2.82. The second-order valence-corrected chi connectivity index (χ2v) is 15.0. The molecule has 2 aliphatic heterocycles. The summed E-state index contributed by atoms with van der Waals surface area (Å²) in [6.45, 7) is 4.19. The van der Waals surface area contributed by atoms with Crippen LogP contribution in [0.4, 0.5) is 5.69 Å². The number of carboxylic acid groups (broad SMARTS) is 1. The minimum Gasteiger partial charge on any atom is -0.506 e. The fraction of sp³-hybridized carbons (Fsp3) is 0.325. The van der Waals surface area contributed by atoms with Crippen LogP contribution in [0.15, 0.2) is 72.8 Å². The summed E-state index contributed by atoms with van der Waals surface area (Å²) in [7, 11) is 0. The highest BCUT2D eigenvalue weighted by atomic mass is 16.5. The van der Waals surface area contributed by atoms with E-state index >= 15 is 4.79 Å². The highest BCUT2D eigenvalue weighted by molar-refractivity contribution is 6.32. The first-order valence-electron chi connectivity index (χ1n) is 16.6. The third-order valence-electron chi connectivity index (χ3n) is 12.3. The van der Waals surface area contributed by atoms with Crippen LogP contribution >= 0.6 is 0 Å². The molecule has 4 fully saturated rings. The summed E-state index contributed by atoms with van der Waals surface area (Å²) in [5.41, 5.74) is -0.653. The van der Waals surface area contributed by atoms with Gasteiger partial charge in [-0.25, -0.2) is 4.79 Å². The van der Waals surface area contributed by atoms with E-state index in [4.69, 9.17) is 4.74 Å². The summed E-state index contributed by atoms with van der Waals surface area (Å²) < 4.78 is 6.71. The number of amides is 1. The molecule has 48 heavy (non-hydrogen) atoms. The van der Waals surface area contributed by atoms with Crippen molar-refractivity contribution in [1.82, 2.24) is 0 Å². The molecule has 0 aromatic heterocycles. The van der Waals surface area contributed by atoms with Crippen molar-refractivity contribution in [2.24, 2.45) is 22.7 Å². The molecule has 6 atom stereocenters. The quantitative estimate of drug-likeness (QED) is 0.111. The van der Waals surface area contributed by atoms with Gasteiger partial charge in [-0.15, -0.1) is 0 Å². The Labute approximate surface area is 276 Å². The predicted octanol–water partition coefficient (Wildman–Crippen LogP) is 7.66. The number of Topliss-reactive ketones (excluding diaryl/α,β-unsaturated/α-hetero) is 1. The number of ketones is 1. The lowest BCUT2D eigenvalue weighted by Gasteiger charge is -2.56. The average molecular weight is 642 g/mol. The number of aromatic hydroxyl groups is 2. The molecule has 8 nitrogen and oxygen atoms in total. The third-order valence-corrected chi connectivity index (χ3v) is 12.3. The SMILES string of the molecule is C[C@]12C[C@@]34C=C(c5cc6cccc7ccc8cccc5c8c76)C(=O)[C@@](C)(CCC(=O)Nc5c(O)ccc(C(=O)O)c5O)[C@@H]3[C@H](C[C@H]1C4)O2. The maximum Gasteiger partial charge on any atom is 0.339 e. The predicted molar refractivity (Wildman–Crippen MR) is 182 cm³/mol. The normalized spacial score (nSPS) is 30.3. The van der Waals surface area contributed by atoms with Crippen LogP contribution in [-0.4, -0.2) is 44.7 Å². The minimum atomic E-state index is -1.39. The largest absolute Gasteiger partial charge is 0.506 e. The highest BCUT2D eigenvalue weighted by Crippen LogP contribution is 2.73. The molecule has 242 valence electrons. The first kappa shape index (κ1) is 29.2. The number of anilines is 1. The second-order valence-electron chi connectivity index (χ2n) is 15.0. The molecule has 3 aliphatic carbocycles. The van der Waals surface area contributed by atoms with E-state index in [2.05, 4.69) is 66.8 Å². The Kier molecular flexibility index (Phi) is 5.82. The Morgan fingerprint density at radius 3 is 2.44 bits per heavy atom. The number of ether oxygens (including phenoxy) is 1. The van der Waals surface area contributed by atoms with Gasteiger partial charge in [0.2, 0.25) is 5.91 Å². The van der Waals surface area contributed by atoms with Gasteiger partial charge in [0.1, 0.15) is 17.0 Å². The van der Waals surface area contributed by atoms with Crippen molar-refractivity contribution in [3.05, 3.63) is 83.9 Å². The van der Waals surface area contributed by atoms with Crippen LogP contribution in [0.1, 0.15) is 61.9 Å². The lowest BCUT2D eigenvalue weighted by Crippen LogP contribution is -2.57. The molecule has 0 unspecified atom stereocenters. The smallest absolute Gasteiger partial charge is 0.339 e. The number of hydrogen-bond donors (Lipinski definition) is 4. The van der Waals surface area contributed by atoms with Gasteiger partial charge in [0.05, 0.1) is 11.7 Å². The molecule has 5 aromatic carbocycles. The van der Waals surface area contributed by atoms with Crippen molar-refractivity contribution in [1.29, 1.82) is 0 Å². The molecule has 4 bridgehead atoms. The van der Waals surface area contributed by atoms with E-state index in [0.29, 0.717) is 11.5 Å². The van der Waals surface area contributed by atoms with E-state index in [0.717, 1.165) is 63.9 Å². The van der Waals surface area contributed by atoms with Crippen molar-refractivity contribution in [2.45, 2.75) is 57.7 Å². The zero-order chi connectivity index (χ0) is 33.3. The zero-order valence-corrected chi connectivity index (χ0v) is 26.7. The summed E-state index contributed by atoms with van der Waals surface area (Å²) >= 11 is 0. The molecule has 1 amide bonds. The van der Waals surface area contributed by atoms with Gasteiger partial charge >= 0.3 is 5.97 Å². The molecule has 0 radical (unpaired) electrons. The average Bonchev–Trinajstić information content (AvgIpc) is 3.42. The van der Waals surface area contributed by atoms with Gasteiger partial charge in [-0.1, -0.05) is 61.5 Å². The van der Waals surface area contributed by atoms with E-state index in [-0.39, 0.29) is 47.4 Å². The van der Waals surface area contributed by atoms with Crippen LogP contribution in [0.5, 0.6) is 11.5 Å². The third kappa shape index (κ3) is 3.78. The van der Waals surface area contributed by atoms with Crippen LogP contribution in [0.2, 0.25) is 0 Å². The van der Waals surface area contributed by atoms with Crippen molar-refractivity contribution >= 4 is 61.2 Å². The number of rotatable bonds is 6. The zero-order valence-electron chi connectivity index (χ0n) is 26.7. The first-order chi connectivity index (χ1) is 22.9. The topological polar surface area (TPSA) is 133 Å². The van der Waals surface area contributed by atoms with E-state index < -0.39 is 34.4 Å². The second kappa shape index (κ2) is 9.57. The molecular weight excluding hydrogens is 606 g/mol. The van der Waals surface area contributed by atoms with E-state index in [1.165, 1.54) is 5.39 Å². The molecule has 5 aromatic rings. The van der Waals surface area contributed by atoms with Crippen molar-refractivity contribution in [2.75, 3.05) is 5.32 Å². The Bertz CT molecular complexity index is 2290. The number of carboxylic acids is 1. The van der Waals surface area contributed by atoms with Crippen LogP contribution in [0.25, 0.3) is 37.9 Å². The summed E-state index contributed by atoms with van der Waals surface area (Å²) in [5, 5.41) is 39.5. The van der Waals surface area contributed by atoms with Crippen molar-refractivity contribution < 1.29 is 34.4 Å². The number of benzene rings is 5. The van der Waals surface area contributed by atoms with Gasteiger partial charge in [-0.05, 0) is 100 Å². The molecule has 2 saturated heterocycles. The lowest BCUT2D eigenvalue weighted by atomic mass is 9.49. The number of phenolic OH excluding ortho intramolecular Hbond substituents is 1. The molecule has 4 N–H and O–H groups in total. The molecule has 2 saturated carbocycles. The van der Waals surface area contributed by atoms with E-state index in [1.54, 1.807) is 0 Å². The maximum absolute atomic E-state index is 15.1. The Morgan fingerprint density at radius 1 is 0.958 bits per heavy atom. The highest BCUT2D eigenvalue weighted by Gasteiger charge is 2.72. The molecule has 8 heteroatoms. The monoisotopic (exact) mass is 641 g/mol. The fourth-order valence-electron chi connectivity index (χ4n) is 10.5. The van der Waals surface area contributed by atoms with Crippen LogP contribution in [-0.2, 0) is 14.3 Å². The summed E-state index contributed by atoms with van der Waals surface area (Å²) in [6, 6.07) is 21.2. The molecule has 1 spiro atoms. The molecule has 2 heterocycles. The summed E-state index contributed by atoms with van der Waals surface area (Å²) in [4.78, 5) is 40.2. The number of carbonyl (C=O) groups is 3. The Hall–Kier alpha value is -4.95. The Morgan fingerprint density at radius 2 is 1.69 bits per heavy atom. The van der Waals surface area contributed by atoms with Crippen LogP contribution in [0.3, 0.4) is 0 Å². The van der Waals surface area contributed by atoms with Gasteiger partial charge in [0, 0.05) is 23.3 Å². The van der Waals surface area contributed by atoms with E-state index in [9.17, 15) is 24.9 Å². The van der Waals surface area contributed by atoms with Crippen LogP contribution in [0, 0.1) is 22.7 Å². The molecule has 5 aliphatic rings. The maximum atomic E-state index is 15.1. The number of carbonyl (C=O) groups excluding carboxylic acids is 2. The number of nitrogens with one attached hydrogen (secondary N) is 1. The van der Waals surface area contributed by atoms with Crippen molar-refractivity contribution in [3.8, 4) is 11.5 Å². The number of allylic oxidation sites excluding steroid dienone is 2. The number of aromatic carboxylic acids is 1. The van der Waals surface area contributed by atoms with Gasteiger partial charge < -0.3 is 25.4 Å². The standard InChI is InChI=1S/C40H35NO7/c1-38(14-13-30(43)41-33-28(42)12-11-25(34(33)44)37(46)47)35-29-16-23-17-40(35,19-39(23,2)48-29)18-27(36(38)45)26-15-22-7-3-5-20-9-10-21-6-4-8-24(26)32(21)31(20)22/h3-12,15,18,23,29,35,42,44H,13-14,16-17,19H2,1-2H3,(H,41,43)(H,46,47)/t23-,29-,35-,38-,39-,40+/m0/s1. The first-order valence-corrected chi connectivity index (χ1v) is 16.6. The van der Waals surface area contributed by atoms with E-state index in [1.807, 2.05) is 13.0 Å².